The molecule has 2 rings (SSSR count). The van der Waals surface area contributed by atoms with Gasteiger partial charge in [0, 0.05) is 6.20 Å². The normalized spacial score (nSPS) is 10.5. The van der Waals surface area contributed by atoms with Gasteiger partial charge < -0.3 is 21.4 Å². The molecule has 0 bridgehead atoms. The van der Waals surface area contributed by atoms with Crippen molar-refractivity contribution in [3.8, 4) is 0 Å². The number of primary amides is 2. The summed E-state index contributed by atoms with van der Waals surface area (Å²) in [6.07, 6.45) is 1.54. The van der Waals surface area contributed by atoms with Gasteiger partial charge in [0.15, 0.2) is 6.04 Å². The van der Waals surface area contributed by atoms with Crippen LogP contribution in [-0.2, 0) is 16.1 Å². The van der Waals surface area contributed by atoms with E-state index in [1.165, 1.54) is 16.7 Å². The Bertz CT molecular complexity index is 874. The summed E-state index contributed by atoms with van der Waals surface area (Å²) in [5.74, 6) is -3.10. The van der Waals surface area contributed by atoms with E-state index in [0.717, 1.165) is 11.1 Å². The van der Waals surface area contributed by atoms with Crippen LogP contribution in [0.5, 0.6) is 0 Å². The Morgan fingerprint density at radius 3 is 2.40 bits per heavy atom. The number of nitrogens with one attached hydrogen (secondary N) is 1. The Balaban J connectivity index is 2.28. The Morgan fingerprint density at radius 1 is 1.12 bits per heavy atom. The van der Waals surface area contributed by atoms with Gasteiger partial charge in [-0.1, -0.05) is 29.8 Å². The minimum Gasteiger partial charge on any atom is -0.367 e. The number of aryl methyl sites for hydroxylation is 1. The summed E-state index contributed by atoms with van der Waals surface area (Å²) in [5.41, 5.74) is 11.2. The molecule has 1 aromatic heterocycles. The molecule has 0 atom stereocenters. The van der Waals surface area contributed by atoms with Crippen LogP contribution in [-0.4, -0.2) is 28.3 Å². The second-order valence-electron chi connectivity index (χ2n) is 5.56. The summed E-state index contributed by atoms with van der Waals surface area (Å²) in [7, 11) is 0. The minimum atomic E-state index is -1.68. The Labute approximate surface area is 143 Å². The molecule has 3 amide bonds. The minimum absolute atomic E-state index is 0.220. The zero-order valence-corrected chi connectivity index (χ0v) is 13.6. The van der Waals surface area contributed by atoms with Crippen molar-refractivity contribution in [1.82, 2.24) is 9.88 Å². The van der Waals surface area contributed by atoms with Crippen LogP contribution >= 0.6 is 0 Å². The van der Waals surface area contributed by atoms with Gasteiger partial charge in [-0.2, -0.15) is 0 Å². The summed E-state index contributed by atoms with van der Waals surface area (Å²) in [6.45, 7) is 2.21. The Morgan fingerprint density at radius 2 is 1.80 bits per heavy atom. The number of carbonyl (C=O) groups is 3. The zero-order chi connectivity index (χ0) is 18.6. The lowest BCUT2D eigenvalue weighted by molar-refractivity contribution is -0.128. The second-order valence-corrected chi connectivity index (χ2v) is 5.56. The smallest absolute Gasteiger partial charge is 0.263 e. The fourth-order valence-electron chi connectivity index (χ4n) is 2.33. The molecule has 2 aromatic rings. The van der Waals surface area contributed by atoms with E-state index in [0.29, 0.717) is 0 Å². The van der Waals surface area contributed by atoms with E-state index in [2.05, 4.69) is 5.32 Å². The molecular weight excluding hydrogens is 324 g/mol. The van der Waals surface area contributed by atoms with Crippen molar-refractivity contribution in [2.75, 3.05) is 0 Å². The average Bonchev–Trinajstić information content (AvgIpc) is 2.53. The molecule has 1 heterocycles. The molecule has 8 heteroatoms. The highest BCUT2D eigenvalue weighted by Gasteiger charge is 2.25. The van der Waals surface area contributed by atoms with Gasteiger partial charge >= 0.3 is 0 Å². The quantitative estimate of drug-likeness (QED) is 0.596. The number of pyridine rings is 1. The first kappa shape index (κ1) is 17.9. The van der Waals surface area contributed by atoms with Crippen LogP contribution in [0, 0.1) is 6.92 Å². The lowest BCUT2D eigenvalue weighted by Gasteiger charge is -2.13. The number of amides is 3. The summed E-state index contributed by atoms with van der Waals surface area (Å²) < 4.78 is 1.35. The third-order valence-electron chi connectivity index (χ3n) is 3.54. The second kappa shape index (κ2) is 7.43. The number of carbonyl (C=O) groups excluding carboxylic acids is 3. The van der Waals surface area contributed by atoms with E-state index in [9.17, 15) is 19.2 Å². The summed E-state index contributed by atoms with van der Waals surface area (Å²) in [4.78, 5) is 47.0. The lowest BCUT2D eigenvalue weighted by atomic mass is 10.1. The largest absolute Gasteiger partial charge is 0.367 e. The lowest BCUT2D eigenvalue weighted by Crippen LogP contribution is -2.53. The van der Waals surface area contributed by atoms with Gasteiger partial charge in [-0.15, -0.1) is 0 Å². The number of hydrogen-bond acceptors (Lipinski definition) is 4. The van der Waals surface area contributed by atoms with E-state index < -0.39 is 29.3 Å². The molecule has 0 spiro atoms. The number of hydrogen-bond donors (Lipinski definition) is 3. The monoisotopic (exact) mass is 342 g/mol. The highest BCUT2D eigenvalue weighted by molar-refractivity contribution is 6.07. The Hall–Kier alpha value is -3.42. The summed E-state index contributed by atoms with van der Waals surface area (Å²) in [6, 6.07) is 8.73. The van der Waals surface area contributed by atoms with Crippen molar-refractivity contribution in [3.63, 3.8) is 0 Å². The summed E-state index contributed by atoms with van der Waals surface area (Å²) >= 11 is 0. The van der Waals surface area contributed by atoms with Crippen molar-refractivity contribution in [2.24, 2.45) is 11.5 Å². The van der Waals surface area contributed by atoms with Crippen LogP contribution in [0.25, 0.3) is 0 Å². The van der Waals surface area contributed by atoms with Crippen molar-refractivity contribution in [1.29, 1.82) is 0 Å². The number of aromatic nitrogens is 1. The van der Waals surface area contributed by atoms with Gasteiger partial charge in [0.2, 0.25) is 11.8 Å². The molecule has 5 N–H and O–H groups in total. The molecule has 130 valence electrons. The van der Waals surface area contributed by atoms with E-state index in [-0.39, 0.29) is 12.1 Å². The van der Waals surface area contributed by atoms with Crippen LogP contribution in [0.2, 0.25) is 0 Å². The molecule has 0 unspecified atom stereocenters. The van der Waals surface area contributed by atoms with E-state index in [1.807, 2.05) is 31.2 Å². The van der Waals surface area contributed by atoms with E-state index in [4.69, 9.17) is 11.5 Å². The predicted molar refractivity (Wildman–Crippen MR) is 90.6 cm³/mol. The third-order valence-corrected chi connectivity index (χ3v) is 3.54. The maximum Gasteiger partial charge on any atom is 0.263 e. The molecule has 0 aliphatic heterocycles. The maximum atomic E-state index is 12.5. The van der Waals surface area contributed by atoms with Gasteiger partial charge in [-0.25, -0.2) is 0 Å². The van der Waals surface area contributed by atoms with Crippen LogP contribution < -0.4 is 22.3 Å². The standard InChI is InChI=1S/C17H18N4O4/c1-10-4-2-5-11(8-10)9-21-7-3-6-12(17(21)25)16(24)20-13(14(18)22)15(19)23/h2-8,13H,9H2,1H3,(H2,18,22)(H2,19,23)(H,20,24). The fraction of sp³-hybridized carbons (Fsp3) is 0.176. The van der Waals surface area contributed by atoms with Crippen LogP contribution in [0.1, 0.15) is 21.5 Å². The van der Waals surface area contributed by atoms with Crippen molar-refractivity contribution >= 4 is 17.7 Å². The maximum absolute atomic E-state index is 12.5. The van der Waals surface area contributed by atoms with Gasteiger partial charge in [0.05, 0.1) is 6.54 Å². The van der Waals surface area contributed by atoms with E-state index >= 15 is 0 Å². The molecule has 8 nitrogen and oxygen atoms in total. The molecule has 0 aliphatic carbocycles. The van der Waals surface area contributed by atoms with Crippen molar-refractivity contribution in [3.05, 3.63) is 69.6 Å². The first-order chi connectivity index (χ1) is 11.8. The highest BCUT2D eigenvalue weighted by atomic mass is 16.2. The Kier molecular flexibility index (Phi) is 5.33. The molecule has 0 saturated carbocycles. The number of benzene rings is 1. The molecule has 25 heavy (non-hydrogen) atoms. The zero-order valence-electron chi connectivity index (χ0n) is 13.6. The predicted octanol–water partition coefficient (Wildman–Crippen LogP) is -0.726. The molecule has 0 fully saturated rings. The van der Waals surface area contributed by atoms with Crippen LogP contribution in [0.15, 0.2) is 47.4 Å². The number of rotatable bonds is 6. The molecule has 1 aromatic carbocycles. The highest BCUT2D eigenvalue weighted by Crippen LogP contribution is 2.05. The molecule has 0 radical (unpaired) electrons. The fourth-order valence-corrected chi connectivity index (χ4v) is 2.33. The van der Waals surface area contributed by atoms with Gasteiger partial charge in [-0.3, -0.25) is 19.2 Å². The molecule has 0 saturated heterocycles. The number of nitrogens with zero attached hydrogens (tertiary/aromatic N) is 1. The van der Waals surface area contributed by atoms with Crippen LogP contribution in [0.4, 0.5) is 0 Å². The third kappa shape index (κ3) is 4.31. The summed E-state index contributed by atoms with van der Waals surface area (Å²) in [5, 5.41) is 2.07. The SMILES string of the molecule is Cc1cccc(Cn2cccc(C(=O)NC(C(N)=O)C(N)=O)c2=O)c1. The van der Waals surface area contributed by atoms with Crippen LogP contribution in [0.3, 0.4) is 0 Å². The van der Waals surface area contributed by atoms with Crippen molar-refractivity contribution < 1.29 is 14.4 Å². The van der Waals surface area contributed by atoms with Gasteiger partial charge in [0.25, 0.3) is 11.5 Å². The first-order valence-electron chi connectivity index (χ1n) is 7.44. The van der Waals surface area contributed by atoms with E-state index in [1.54, 1.807) is 6.20 Å². The number of nitrogens with two attached hydrogens (primary N) is 2. The van der Waals surface area contributed by atoms with Gasteiger partial charge in [-0.05, 0) is 24.6 Å². The molecular formula is C17H18N4O4. The first-order valence-corrected chi connectivity index (χ1v) is 7.44. The topological polar surface area (TPSA) is 137 Å². The van der Waals surface area contributed by atoms with Gasteiger partial charge in [0.1, 0.15) is 5.56 Å². The molecule has 0 aliphatic rings. The van der Waals surface area contributed by atoms with Crippen molar-refractivity contribution in [2.45, 2.75) is 19.5 Å². The average molecular weight is 342 g/mol.